The average Bonchev–Trinajstić information content (AvgIpc) is 2.97. The lowest BCUT2D eigenvalue weighted by atomic mass is 10.2. The normalized spacial score (nSPS) is 10.7. The Kier molecular flexibility index (Phi) is 4.62. The van der Waals surface area contributed by atoms with Crippen LogP contribution in [0.3, 0.4) is 0 Å². The van der Waals surface area contributed by atoms with Crippen molar-refractivity contribution in [3.05, 3.63) is 72.4 Å². The SMILES string of the molecule is CC(C)Oc1ccc(Nc2ccnn2Cc2ccccc2)cc1. The number of rotatable bonds is 6. The molecule has 118 valence electrons. The second kappa shape index (κ2) is 7.01. The third kappa shape index (κ3) is 4.13. The summed E-state index contributed by atoms with van der Waals surface area (Å²) in [6, 6.07) is 20.2. The van der Waals surface area contributed by atoms with Crippen molar-refractivity contribution in [3.8, 4) is 5.75 Å². The number of hydrogen-bond acceptors (Lipinski definition) is 3. The van der Waals surface area contributed by atoms with Crippen LogP contribution in [0.4, 0.5) is 11.5 Å². The van der Waals surface area contributed by atoms with Crippen molar-refractivity contribution in [1.29, 1.82) is 0 Å². The summed E-state index contributed by atoms with van der Waals surface area (Å²) in [6.07, 6.45) is 1.99. The molecule has 0 amide bonds. The van der Waals surface area contributed by atoms with E-state index in [0.717, 1.165) is 23.8 Å². The second-order valence-electron chi connectivity index (χ2n) is 5.68. The fourth-order valence-electron chi connectivity index (χ4n) is 2.36. The van der Waals surface area contributed by atoms with Gasteiger partial charge in [-0.2, -0.15) is 5.10 Å². The number of nitrogens with one attached hydrogen (secondary N) is 1. The maximum Gasteiger partial charge on any atom is 0.129 e. The first-order valence-corrected chi connectivity index (χ1v) is 7.80. The predicted molar refractivity (Wildman–Crippen MR) is 93.3 cm³/mol. The van der Waals surface area contributed by atoms with Crippen LogP contribution < -0.4 is 10.1 Å². The minimum Gasteiger partial charge on any atom is -0.491 e. The van der Waals surface area contributed by atoms with Crippen LogP contribution in [-0.4, -0.2) is 15.9 Å². The minimum atomic E-state index is 0.182. The summed E-state index contributed by atoms with van der Waals surface area (Å²) in [7, 11) is 0. The average molecular weight is 307 g/mol. The van der Waals surface area contributed by atoms with E-state index in [1.165, 1.54) is 5.56 Å². The molecule has 4 heteroatoms. The molecule has 23 heavy (non-hydrogen) atoms. The third-order valence-electron chi connectivity index (χ3n) is 3.39. The summed E-state index contributed by atoms with van der Waals surface area (Å²) in [6.45, 7) is 4.79. The van der Waals surface area contributed by atoms with Crippen LogP contribution in [0.1, 0.15) is 19.4 Å². The van der Waals surface area contributed by atoms with Crippen LogP contribution >= 0.6 is 0 Å². The molecule has 0 spiro atoms. The van der Waals surface area contributed by atoms with Gasteiger partial charge in [-0.25, -0.2) is 4.68 Å². The van der Waals surface area contributed by atoms with E-state index in [4.69, 9.17) is 4.74 Å². The van der Waals surface area contributed by atoms with Crippen molar-refractivity contribution in [2.45, 2.75) is 26.5 Å². The van der Waals surface area contributed by atoms with Gasteiger partial charge in [0.2, 0.25) is 0 Å². The molecule has 0 saturated heterocycles. The standard InChI is InChI=1S/C19H21N3O/c1-15(2)23-18-10-8-17(9-11-18)21-19-12-13-20-22(19)14-16-6-4-3-5-7-16/h3-13,15,21H,14H2,1-2H3. The van der Waals surface area contributed by atoms with Crippen LogP contribution in [0.5, 0.6) is 5.75 Å². The predicted octanol–water partition coefficient (Wildman–Crippen LogP) is 4.46. The molecule has 1 aromatic heterocycles. The lowest BCUT2D eigenvalue weighted by molar-refractivity contribution is 0.242. The summed E-state index contributed by atoms with van der Waals surface area (Å²) in [5, 5.41) is 7.79. The minimum absolute atomic E-state index is 0.182. The fourth-order valence-corrected chi connectivity index (χ4v) is 2.36. The van der Waals surface area contributed by atoms with E-state index >= 15 is 0 Å². The summed E-state index contributed by atoms with van der Waals surface area (Å²) in [5.41, 5.74) is 2.23. The van der Waals surface area contributed by atoms with Crippen molar-refractivity contribution < 1.29 is 4.74 Å². The van der Waals surface area contributed by atoms with Crippen LogP contribution in [0.2, 0.25) is 0 Å². The van der Waals surface area contributed by atoms with Crippen LogP contribution in [0.25, 0.3) is 0 Å². The Labute approximate surface area is 136 Å². The van der Waals surface area contributed by atoms with Gasteiger partial charge in [0.25, 0.3) is 0 Å². The summed E-state index contributed by atoms with van der Waals surface area (Å²) in [5.74, 6) is 1.84. The number of ether oxygens (including phenoxy) is 1. The van der Waals surface area contributed by atoms with Crippen LogP contribution in [0.15, 0.2) is 66.9 Å². The van der Waals surface area contributed by atoms with Gasteiger partial charge >= 0.3 is 0 Å². The van der Waals surface area contributed by atoms with Gasteiger partial charge in [-0.3, -0.25) is 0 Å². The Morgan fingerprint density at radius 1 is 1.00 bits per heavy atom. The number of benzene rings is 2. The maximum absolute atomic E-state index is 5.66. The highest BCUT2D eigenvalue weighted by Gasteiger charge is 2.04. The van der Waals surface area contributed by atoms with Gasteiger partial charge in [-0.1, -0.05) is 30.3 Å². The molecule has 3 aromatic rings. The highest BCUT2D eigenvalue weighted by molar-refractivity contribution is 5.57. The Hall–Kier alpha value is -2.75. The third-order valence-corrected chi connectivity index (χ3v) is 3.39. The summed E-state index contributed by atoms with van der Waals surface area (Å²) in [4.78, 5) is 0. The Morgan fingerprint density at radius 3 is 2.43 bits per heavy atom. The lowest BCUT2D eigenvalue weighted by Gasteiger charge is -2.12. The Balaban J connectivity index is 1.70. The van der Waals surface area contributed by atoms with Crippen LogP contribution in [-0.2, 0) is 6.54 Å². The summed E-state index contributed by atoms with van der Waals surface area (Å²) < 4.78 is 7.61. The molecular formula is C19H21N3O. The fraction of sp³-hybridized carbons (Fsp3) is 0.211. The molecule has 3 rings (SSSR count). The molecular weight excluding hydrogens is 286 g/mol. The highest BCUT2D eigenvalue weighted by atomic mass is 16.5. The van der Waals surface area contributed by atoms with E-state index in [9.17, 15) is 0 Å². The highest BCUT2D eigenvalue weighted by Crippen LogP contribution is 2.21. The lowest BCUT2D eigenvalue weighted by Crippen LogP contribution is -2.06. The van der Waals surface area contributed by atoms with E-state index in [2.05, 4.69) is 22.5 Å². The largest absolute Gasteiger partial charge is 0.491 e. The first-order chi connectivity index (χ1) is 11.2. The molecule has 2 aromatic carbocycles. The van der Waals surface area contributed by atoms with E-state index in [-0.39, 0.29) is 6.10 Å². The van der Waals surface area contributed by atoms with Gasteiger partial charge in [0.05, 0.1) is 18.8 Å². The van der Waals surface area contributed by atoms with Gasteiger partial charge in [-0.05, 0) is 43.7 Å². The summed E-state index contributed by atoms with van der Waals surface area (Å²) >= 11 is 0. The van der Waals surface area contributed by atoms with Crippen LogP contribution in [0, 0.1) is 0 Å². The monoisotopic (exact) mass is 307 g/mol. The van der Waals surface area contributed by atoms with Gasteiger partial charge in [0.1, 0.15) is 11.6 Å². The first-order valence-electron chi connectivity index (χ1n) is 7.80. The molecule has 0 aliphatic heterocycles. The Morgan fingerprint density at radius 2 is 1.74 bits per heavy atom. The van der Waals surface area contributed by atoms with Gasteiger partial charge in [0.15, 0.2) is 0 Å². The maximum atomic E-state index is 5.66. The van der Waals surface area contributed by atoms with E-state index in [0.29, 0.717) is 0 Å². The number of hydrogen-bond donors (Lipinski definition) is 1. The molecule has 0 aliphatic carbocycles. The van der Waals surface area contributed by atoms with Crippen molar-refractivity contribution in [3.63, 3.8) is 0 Å². The number of nitrogens with zero attached hydrogens (tertiary/aromatic N) is 2. The Bertz CT molecular complexity index is 733. The molecule has 0 bridgehead atoms. The zero-order valence-corrected chi connectivity index (χ0v) is 13.4. The molecule has 0 unspecified atom stereocenters. The molecule has 0 aliphatic rings. The number of anilines is 2. The van der Waals surface area contributed by atoms with Crippen molar-refractivity contribution >= 4 is 11.5 Å². The number of aromatic nitrogens is 2. The molecule has 0 fully saturated rings. The van der Waals surface area contributed by atoms with Gasteiger partial charge < -0.3 is 10.1 Å². The van der Waals surface area contributed by atoms with Gasteiger partial charge in [0, 0.05) is 11.8 Å². The molecule has 4 nitrogen and oxygen atoms in total. The molecule has 1 heterocycles. The quantitative estimate of drug-likeness (QED) is 0.730. The van der Waals surface area contributed by atoms with E-state index < -0.39 is 0 Å². The molecule has 0 atom stereocenters. The molecule has 0 radical (unpaired) electrons. The van der Waals surface area contributed by atoms with Gasteiger partial charge in [-0.15, -0.1) is 0 Å². The topological polar surface area (TPSA) is 39.1 Å². The zero-order chi connectivity index (χ0) is 16.1. The van der Waals surface area contributed by atoms with Crippen molar-refractivity contribution in [1.82, 2.24) is 9.78 Å². The van der Waals surface area contributed by atoms with E-state index in [1.807, 2.05) is 73.3 Å². The molecule has 0 saturated carbocycles. The van der Waals surface area contributed by atoms with Crippen molar-refractivity contribution in [2.24, 2.45) is 0 Å². The van der Waals surface area contributed by atoms with Crippen molar-refractivity contribution in [2.75, 3.05) is 5.32 Å². The zero-order valence-electron chi connectivity index (χ0n) is 13.4. The van der Waals surface area contributed by atoms with E-state index in [1.54, 1.807) is 0 Å². The smallest absolute Gasteiger partial charge is 0.129 e. The molecule has 1 N–H and O–H groups in total. The second-order valence-corrected chi connectivity index (χ2v) is 5.68. The first kappa shape index (κ1) is 15.2.